The second-order valence-electron chi connectivity index (χ2n) is 7.78. The average molecular weight is 515 g/mol. The van der Waals surface area contributed by atoms with Crippen molar-refractivity contribution in [2.75, 3.05) is 17.7 Å². The Hall–Kier alpha value is -4.83. The van der Waals surface area contributed by atoms with E-state index < -0.39 is 5.91 Å². The summed E-state index contributed by atoms with van der Waals surface area (Å²) in [6.45, 7) is 0. The van der Waals surface area contributed by atoms with Gasteiger partial charge in [0.1, 0.15) is 22.3 Å². The van der Waals surface area contributed by atoms with E-state index in [9.17, 15) is 14.0 Å². The van der Waals surface area contributed by atoms with E-state index in [2.05, 4.69) is 20.8 Å². The van der Waals surface area contributed by atoms with Crippen LogP contribution in [0.5, 0.6) is 5.75 Å². The third kappa shape index (κ3) is 5.39. The number of rotatable bonds is 7. The van der Waals surface area contributed by atoms with Crippen molar-refractivity contribution < 1.29 is 23.2 Å². The van der Waals surface area contributed by atoms with Crippen LogP contribution >= 0.6 is 11.3 Å². The van der Waals surface area contributed by atoms with Gasteiger partial charge in [0.2, 0.25) is 0 Å². The summed E-state index contributed by atoms with van der Waals surface area (Å²) in [6.07, 6.45) is 0. The zero-order valence-electron chi connectivity index (χ0n) is 19.4. The van der Waals surface area contributed by atoms with Crippen molar-refractivity contribution in [1.82, 2.24) is 10.1 Å². The molecule has 0 unspecified atom stereocenters. The van der Waals surface area contributed by atoms with Crippen LogP contribution in [0.15, 0.2) is 89.5 Å². The van der Waals surface area contributed by atoms with Crippen LogP contribution in [0.4, 0.5) is 14.5 Å². The summed E-state index contributed by atoms with van der Waals surface area (Å²) in [5, 5.41) is 10.1. The van der Waals surface area contributed by atoms with Gasteiger partial charge in [0.15, 0.2) is 16.6 Å². The van der Waals surface area contributed by atoms with E-state index in [1.807, 2.05) is 30.3 Å². The molecule has 2 amide bonds. The van der Waals surface area contributed by atoms with Crippen LogP contribution in [0.1, 0.15) is 20.8 Å². The van der Waals surface area contributed by atoms with Gasteiger partial charge < -0.3 is 14.6 Å². The molecule has 0 saturated heterocycles. The molecule has 0 bridgehead atoms. The van der Waals surface area contributed by atoms with Gasteiger partial charge in [-0.2, -0.15) is 0 Å². The summed E-state index contributed by atoms with van der Waals surface area (Å²) in [5.74, 6) is -0.295. The van der Waals surface area contributed by atoms with Gasteiger partial charge in [0.25, 0.3) is 11.8 Å². The molecule has 0 aliphatic heterocycles. The molecular formula is C27H19FN4O4S. The average Bonchev–Trinajstić information content (AvgIpc) is 3.57. The Balaban J connectivity index is 1.38. The molecule has 5 aromatic rings. The minimum atomic E-state index is -0.543. The summed E-state index contributed by atoms with van der Waals surface area (Å²) in [5.41, 5.74) is 2.32. The lowest BCUT2D eigenvalue weighted by Gasteiger charge is -2.06. The maximum atomic E-state index is 13.2. The van der Waals surface area contributed by atoms with Gasteiger partial charge in [-0.3, -0.25) is 14.9 Å². The molecule has 0 spiro atoms. The summed E-state index contributed by atoms with van der Waals surface area (Å²) in [7, 11) is 1.55. The topological polar surface area (TPSA) is 106 Å². The van der Waals surface area contributed by atoms with E-state index in [1.54, 1.807) is 31.4 Å². The molecule has 37 heavy (non-hydrogen) atoms. The normalized spacial score (nSPS) is 10.6. The van der Waals surface area contributed by atoms with Crippen molar-refractivity contribution in [3.05, 3.63) is 102 Å². The molecule has 0 fully saturated rings. The van der Waals surface area contributed by atoms with Crippen molar-refractivity contribution >= 4 is 33.3 Å². The number of amides is 2. The summed E-state index contributed by atoms with van der Waals surface area (Å²) in [4.78, 5) is 30.3. The van der Waals surface area contributed by atoms with E-state index in [4.69, 9.17) is 9.26 Å². The number of nitrogens with one attached hydrogen (secondary N) is 2. The van der Waals surface area contributed by atoms with Crippen molar-refractivity contribution in [2.45, 2.75) is 0 Å². The second-order valence-corrected chi connectivity index (χ2v) is 8.78. The van der Waals surface area contributed by atoms with Gasteiger partial charge in [0.05, 0.1) is 7.11 Å². The van der Waals surface area contributed by atoms with Gasteiger partial charge in [-0.15, -0.1) is 0 Å². The zero-order valence-corrected chi connectivity index (χ0v) is 20.2. The fourth-order valence-corrected chi connectivity index (χ4v) is 4.34. The fourth-order valence-electron chi connectivity index (χ4n) is 3.46. The van der Waals surface area contributed by atoms with E-state index in [1.165, 1.54) is 30.3 Å². The van der Waals surface area contributed by atoms with Crippen LogP contribution in [-0.2, 0) is 0 Å². The molecular weight excluding hydrogens is 495 g/mol. The van der Waals surface area contributed by atoms with E-state index in [0.29, 0.717) is 33.3 Å². The first-order valence-corrected chi connectivity index (χ1v) is 11.9. The summed E-state index contributed by atoms with van der Waals surface area (Å²) in [6, 6.07) is 23.1. The highest BCUT2D eigenvalue weighted by Gasteiger charge is 2.20. The molecule has 2 N–H and O–H groups in total. The van der Waals surface area contributed by atoms with Crippen LogP contribution in [-0.4, -0.2) is 29.1 Å². The Morgan fingerprint density at radius 2 is 1.62 bits per heavy atom. The van der Waals surface area contributed by atoms with Gasteiger partial charge in [-0.1, -0.05) is 46.8 Å². The number of methoxy groups -OCH3 is 1. The lowest BCUT2D eigenvalue weighted by Crippen LogP contribution is -2.11. The van der Waals surface area contributed by atoms with E-state index >= 15 is 0 Å². The molecule has 0 aliphatic rings. The number of hydrogen-bond acceptors (Lipinski definition) is 7. The Morgan fingerprint density at radius 1 is 0.892 bits per heavy atom. The Morgan fingerprint density at radius 3 is 2.32 bits per heavy atom. The smallest absolute Gasteiger partial charge is 0.279 e. The minimum Gasteiger partial charge on any atom is -0.497 e. The zero-order chi connectivity index (χ0) is 25.8. The Kier molecular flexibility index (Phi) is 6.73. The highest BCUT2D eigenvalue weighted by molar-refractivity contribution is 7.20. The molecule has 0 aliphatic carbocycles. The second kappa shape index (κ2) is 10.4. The molecule has 2 heterocycles. The van der Waals surface area contributed by atoms with Crippen molar-refractivity contribution in [3.8, 4) is 28.3 Å². The van der Waals surface area contributed by atoms with Crippen LogP contribution in [0, 0.1) is 5.82 Å². The molecule has 0 radical (unpaired) electrons. The lowest BCUT2D eigenvalue weighted by atomic mass is 10.1. The first-order valence-electron chi connectivity index (χ1n) is 11.1. The maximum Gasteiger partial charge on any atom is 0.279 e. The monoisotopic (exact) mass is 514 g/mol. The first-order chi connectivity index (χ1) is 18.0. The highest BCUT2D eigenvalue weighted by Crippen LogP contribution is 2.36. The molecule has 5 rings (SSSR count). The molecule has 0 atom stereocenters. The predicted molar refractivity (Wildman–Crippen MR) is 138 cm³/mol. The number of carbonyl (C=O) groups is 2. The van der Waals surface area contributed by atoms with Crippen molar-refractivity contribution in [3.63, 3.8) is 0 Å². The first kappa shape index (κ1) is 23.9. The maximum absolute atomic E-state index is 13.2. The summed E-state index contributed by atoms with van der Waals surface area (Å²) >= 11 is 1.11. The number of ether oxygens (including phenoxy) is 1. The quantitative estimate of drug-likeness (QED) is 0.271. The fraction of sp³-hybridized carbons (Fsp3) is 0.0370. The van der Waals surface area contributed by atoms with Crippen LogP contribution in [0.3, 0.4) is 0 Å². The summed E-state index contributed by atoms with van der Waals surface area (Å²) < 4.78 is 23.6. The molecule has 0 saturated carbocycles. The van der Waals surface area contributed by atoms with Crippen LogP contribution in [0.25, 0.3) is 22.6 Å². The number of hydrogen-bond donors (Lipinski definition) is 2. The number of benzene rings is 3. The minimum absolute atomic E-state index is 0.0274. The van der Waals surface area contributed by atoms with Gasteiger partial charge in [-0.25, -0.2) is 9.37 Å². The predicted octanol–water partition coefficient (Wildman–Crippen LogP) is 6.12. The molecule has 3 aromatic carbocycles. The van der Waals surface area contributed by atoms with Gasteiger partial charge in [-0.05, 0) is 48.5 Å². The lowest BCUT2D eigenvalue weighted by molar-refractivity contribution is 0.101. The van der Waals surface area contributed by atoms with Crippen molar-refractivity contribution in [2.24, 2.45) is 0 Å². The number of aromatic nitrogens is 2. The largest absolute Gasteiger partial charge is 0.497 e. The highest BCUT2D eigenvalue weighted by atomic mass is 32.1. The third-order valence-electron chi connectivity index (χ3n) is 5.35. The van der Waals surface area contributed by atoms with Crippen molar-refractivity contribution in [1.29, 1.82) is 0 Å². The third-order valence-corrected chi connectivity index (χ3v) is 6.23. The number of halogens is 1. The Bertz CT molecular complexity index is 1550. The van der Waals surface area contributed by atoms with Gasteiger partial charge >= 0.3 is 0 Å². The molecule has 184 valence electrons. The standard InChI is InChI=1S/C27H19FN4O4S/c1-35-20-13-9-18(10-14-20)24(33)30-26-23(17-5-3-2-4-6-17)29-27(37-26)31-25(34)21-15-22(36-32-21)16-7-11-19(28)12-8-16/h2-15H,1H3,(H,30,33)(H,29,31,34). The molecule has 2 aromatic heterocycles. The van der Waals surface area contributed by atoms with Crippen LogP contribution in [0.2, 0.25) is 0 Å². The SMILES string of the molecule is COc1ccc(C(=O)Nc2sc(NC(=O)c3cc(-c4ccc(F)cc4)on3)nc2-c2ccccc2)cc1. The number of nitrogens with zero attached hydrogens (tertiary/aromatic N) is 2. The Labute approximate surface area is 214 Å². The molecule has 10 heteroatoms. The number of thiazole rings is 1. The number of anilines is 2. The van der Waals surface area contributed by atoms with E-state index in [-0.39, 0.29) is 22.5 Å². The molecule has 8 nitrogen and oxygen atoms in total. The number of carbonyl (C=O) groups excluding carboxylic acids is 2. The van der Waals surface area contributed by atoms with E-state index in [0.717, 1.165) is 16.9 Å². The van der Waals surface area contributed by atoms with Gasteiger partial charge in [0, 0.05) is 22.8 Å². The van der Waals surface area contributed by atoms with Crippen LogP contribution < -0.4 is 15.4 Å².